The Kier molecular flexibility index (Phi) is 9.38. The van der Waals surface area contributed by atoms with Crippen LogP contribution < -0.4 is 5.32 Å². The summed E-state index contributed by atoms with van der Waals surface area (Å²) in [5.74, 6) is -0.656. The number of nitrogens with one attached hydrogen (secondary N) is 1. The average molecular weight is 507 g/mol. The molecule has 0 fully saturated rings. The summed E-state index contributed by atoms with van der Waals surface area (Å²) in [5.41, 5.74) is -1.37. The van der Waals surface area contributed by atoms with Gasteiger partial charge in [0, 0.05) is 7.05 Å². The van der Waals surface area contributed by atoms with Crippen LogP contribution in [0.4, 0.5) is 18.0 Å². The van der Waals surface area contributed by atoms with Crippen LogP contribution in [-0.2, 0) is 25.0 Å². The van der Waals surface area contributed by atoms with E-state index in [2.05, 4.69) is 5.32 Å². The molecule has 1 rings (SSSR count). The molecule has 0 aromatic heterocycles. The molecule has 0 bridgehead atoms. The van der Waals surface area contributed by atoms with Crippen molar-refractivity contribution in [3.63, 3.8) is 0 Å². The van der Waals surface area contributed by atoms with Crippen LogP contribution in [0.3, 0.4) is 0 Å². The molecule has 0 saturated carbocycles. The van der Waals surface area contributed by atoms with Crippen molar-refractivity contribution in [3.8, 4) is 0 Å². The second-order valence-electron chi connectivity index (χ2n) is 10.6. The van der Waals surface area contributed by atoms with E-state index >= 15 is 0 Å². The van der Waals surface area contributed by atoms with Gasteiger partial charge in [0.15, 0.2) is 8.32 Å². The van der Waals surface area contributed by atoms with E-state index in [1.807, 2.05) is 33.9 Å². The minimum atomic E-state index is -4.52. The number of carbonyl (C=O) groups excluding carboxylic acids is 2. The van der Waals surface area contributed by atoms with Crippen LogP contribution in [-0.4, -0.2) is 51.2 Å². The number of hydrogen-bond donors (Lipinski definition) is 1. The third-order valence-corrected chi connectivity index (χ3v) is 10.1. The van der Waals surface area contributed by atoms with E-state index < -0.39 is 49.8 Å². The van der Waals surface area contributed by atoms with Crippen molar-refractivity contribution >= 4 is 20.3 Å². The van der Waals surface area contributed by atoms with Gasteiger partial charge in [0.25, 0.3) is 5.91 Å². The Morgan fingerprint density at radius 1 is 1.00 bits per heavy atom. The number of alkyl halides is 3. The quantitative estimate of drug-likeness (QED) is 0.380. The minimum Gasteiger partial charge on any atom is -0.444 e. The van der Waals surface area contributed by atoms with E-state index in [1.165, 1.54) is 26.3 Å². The highest BCUT2D eigenvalue weighted by Crippen LogP contribution is 2.41. The third-order valence-electron chi connectivity index (χ3n) is 5.62. The van der Waals surface area contributed by atoms with E-state index in [9.17, 15) is 22.8 Å². The van der Waals surface area contributed by atoms with Crippen molar-refractivity contribution in [1.82, 2.24) is 10.4 Å². The van der Waals surface area contributed by atoms with Gasteiger partial charge in [-0.15, -0.1) is 0 Å². The normalized spacial score (nSPS) is 14.9. The van der Waals surface area contributed by atoms with Crippen molar-refractivity contribution in [2.75, 3.05) is 14.2 Å². The summed E-state index contributed by atoms with van der Waals surface area (Å²) < 4.78 is 51.3. The Bertz CT molecular complexity index is 846. The highest BCUT2D eigenvalue weighted by atomic mass is 28.4. The predicted octanol–water partition coefficient (Wildman–Crippen LogP) is 5.68. The fraction of sp³-hybridized carbons (Fsp3) is 0.652. The number of alkyl carbamates (subject to hydrolysis) is 1. The van der Waals surface area contributed by atoms with Crippen LogP contribution in [0.2, 0.25) is 18.1 Å². The molecule has 0 heterocycles. The molecular formula is C23H37F3N2O5Si. The molecule has 0 aliphatic heterocycles. The second kappa shape index (κ2) is 10.7. The number of hydrogen-bond acceptors (Lipinski definition) is 5. The number of halogens is 3. The van der Waals surface area contributed by atoms with E-state index in [-0.39, 0.29) is 5.04 Å². The molecule has 0 spiro atoms. The van der Waals surface area contributed by atoms with Crippen molar-refractivity contribution in [3.05, 3.63) is 35.4 Å². The van der Waals surface area contributed by atoms with Crippen molar-refractivity contribution < 1.29 is 36.8 Å². The number of carbonyl (C=O) groups is 2. The molecule has 11 heteroatoms. The zero-order valence-corrected chi connectivity index (χ0v) is 22.6. The Labute approximate surface area is 201 Å². The smallest absolute Gasteiger partial charge is 0.416 e. The van der Waals surface area contributed by atoms with E-state index in [4.69, 9.17) is 14.0 Å². The molecule has 1 unspecified atom stereocenters. The van der Waals surface area contributed by atoms with Crippen LogP contribution in [0.1, 0.15) is 58.8 Å². The van der Waals surface area contributed by atoms with Gasteiger partial charge in [0.05, 0.1) is 18.8 Å². The summed E-state index contributed by atoms with van der Waals surface area (Å²) in [5, 5.41) is 3.19. The maximum atomic E-state index is 13.2. The molecule has 34 heavy (non-hydrogen) atoms. The molecule has 2 amide bonds. The van der Waals surface area contributed by atoms with Crippen LogP contribution >= 0.6 is 0 Å². The SMILES string of the molecule is CON(C)C(=O)C(NC(=O)OC(C)(C)C)[C@@H](O[Si](C)(C)C(C)(C)C)c1ccc(C(F)(F)F)cc1. The van der Waals surface area contributed by atoms with Crippen molar-refractivity contribution in [2.24, 2.45) is 0 Å². The second-order valence-corrected chi connectivity index (χ2v) is 15.3. The highest BCUT2D eigenvalue weighted by molar-refractivity contribution is 6.74. The Morgan fingerprint density at radius 2 is 1.50 bits per heavy atom. The monoisotopic (exact) mass is 506 g/mol. The first-order chi connectivity index (χ1) is 15.2. The Balaban J connectivity index is 3.60. The first-order valence-corrected chi connectivity index (χ1v) is 13.8. The Morgan fingerprint density at radius 3 is 1.88 bits per heavy atom. The van der Waals surface area contributed by atoms with Gasteiger partial charge in [-0.3, -0.25) is 9.63 Å². The number of amides is 2. The van der Waals surface area contributed by atoms with Crippen LogP contribution in [0.5, 0.6) is 0 Å². The summed E-state index contributed by atoms with van der Waals surface area (Å²) in [4.78, 5) is 30.9. The number of likely N-dealkylation sites (N-methyl/N-ethyl adjacent to an activating group) is 1. The number of hydroxylamine groups is 2. The maximum Gasteiger partial charge on any atom is 0.416 e. The highest BCUT2D eigenvalue weighted by Gasteiger charge is 2.44. The molecule has 0 aliphatic carbocycles. The maximum absolute atomic E-state index is 13.2. The van der Waals surface area contributed by atoms with Crippen molar-refractivity contribution in [1.29, 1.82) is 0 Å². The molecule has 1 N–H and O–H groups in total. The lowest BCUT2D eigenvalue weighted by Gasteiger charge is -2.41. The fourth-order valence-electron chi connectivity index (χ4n) is 2.67. The summed E-state index contributed by atoms with van der Waals surface area (Å²) in [6.07, 6.45) is -6.49. The largest absolute Gasteiger partial charge is 0.444 e. The summed E-state index contributed by atoms with van der Waals surface area (Å²) in [6.45, 7) is 14.9. The number of ether oxygens (including phenoxy) is 1. The minimum absolute atomic E-state index is 0.288. The summed E-state index contributed by atoms with van der Waals surface area (Å²) >= 11 is 0. The van der Waals surface area contributed by atoms with Crippen LogP contribution in [0, 0.1) is 0 Å². The summed E-state index contributed by atoms with van der Waals surface area (Å²) in [7, 11) is 0.0670. The average Bonchev–Trinajstić information content (AvgIpc) is 2.66. The first-order valence-electron chi connectivity index (χ1n) is 10.9. The molecule has 0 saturated heterocycles. The van der Waals surface area contributed by atoms with Gasteiger partial charge in [0.2, 0.25) is 0 Å². The zero-order chi connectivity index (χ0) is 26.7. The fourth-order valence-corrected chi connectivity index (χ4v) is 3.93. The Hall–Kier alpha value is -2.11. The number of benzene rings is 1. The van der Waals surface area contributed by atoms with Crippen LogP contribution in [0.15, 0.2) is 24.3 Å². The molecule has 2 atom stereocenters. The predicted molar refractivity (Wildman–Crippen MR) is 125 cm³/mol. The van der Waals surface area contributed by atoms with E-state index in [1.54, 1.807) is 20.8 Å². The van der Waals surface area contributed by atoms with E-state index in [0.717, 1.165) is 17.2 Å². The van der Waals surface area contributed by atoms with Gasteiger partial charge in [-0.1, -0.05) is 32.9 Å². The first kappa shape index (κ1) is 29.9. The molecule has 1 aromatic rings. The lowest BCUT2D eigenvalue weighted by atomic mass is 10.00. The van der Waals surface area contributed by atoms with Gasteiger partial charge in [-0.25, -0.2) is 9.86 Å². The lowest BCUT2D eigenvalue weighted by molar-refractivity contribution is -0.173. The summed E-state index contributed by atoms with van der Waals surface area (Å²) in [6, 6.07) is 3.03. The van der Waals surface area contributed by atoms with Gasteiger partial charge in [-0.05, 0) is 56.6 Å². The van der Waals surface area contributed by atoms with Crippen LogP contribution in [0.25, 0.3) is 0 Å². The van der Waals surface area contributed by atoms with Gasteiger partial charge < -0.3 is 14.5 Å². The number of nitrogens with zero attached hydrogens (tertiary/aromatic N) is 1. The van der Waals surface area contributed by atoms with Gasteiger partial charge >= 0.3 is 12.3 Å². The lowest BCUT2D eigenvalue weighted by Crippen LogP contribution is -2.54. The number of rotatable bonds is 7. The zero-order valence-electron chi connectivity index (χ0n) is 21.6. The van der Waals surface area contributed by atoms with Crippen molar-refractivity contribution in [2.45, 2.75) is 83.6 Å². The van der Waals surface area contributed by atoms with E-state index in [0.29, 0.717) is 5.56 Å². The molecular weight excluding hydrogens is 469 g/mol. The molecule has 0 radical (unpaired) electrons. The topological polar surface area (TPSA) is 77.1 Å². The van der Waals surface area contributed by atoms with Gasteiger partial charge in [-0.2, -0.15) is 13.2 Å². The molecule has 7 nitrogen and oxygen atoms in total. The molecule has 0 aliphatic rings. The molecule has 1 aromatic carbocycles. The molecule has 194 valence electrons. The van der Waals surface area contributed by atoms with Gasteiger partial charge in [0.1, 0.15) is 11.6 Å². The third kappa shape index (κ3) is 8.28. The standard InChI is InChI=1S/C23H37F3N2O5Si/c1-21(2,3)32-20(30)27-17(19(29)28(7)31-8)18(33-34(9,10)22(4,5)6)15-11-13-16(14-12-15)23(24,25)26/h11-14,17-18H,1-10H3,(H,27,30)/t17?,18-/m0/s1.